The second kappa shape index (κ2) is 10.3. The van der Waals surface area contributed by atoms with E-state index in [1.807, 2.05) is 6.07 Å². The molecule has 9 heteroatoms. The van der Waals surface area contributed by atoms with E-state index < -0.39 is 0 Å². The Bertz CT molecular complexity index is 1300. The highest BCUT2D eigenvalue weighted by Crippen LogP contribution is 2.37. The van der Waals surface area contributed by atoms with Crippen LogP contribution in [0, 0.1) is 0 Å². The number of carboxylic acid groups (broad SMARTS) is 1. The summed E-state index contributed by atoms with van der Waals surface area (Å²) in [4.78, 5) is 26.5. The molecule has 0 saturated carbocycles. The zero-order chi connectivity index (χ0) is 24.4. The van der Waals surface area contributed by atoms with Crippen LogP contribution < -0.4 is 5.32 Å². The van der Waals surface area contributed by atoms with Crippen LogP contribution in [0.2, 0.25) is 0 Å². The van der Waals surface area contributed by atoms with Gasteiger partial charge in [0.25, 0.3) is 12.4 Å². The molecule has 0 radical (unpaired) electrons. The molecule has 3 aromatic heterocycles. The number of nitrogens with zero attached hydrogens (tertiary/aromatic N) is 2. The maximum Gasteiger partial charge on any atom is 0.290 e. The van der Waals surface area contributed by atoms with Gasteiger partial charge in [-0.15, -0.1) is 11.3 Å². The van der Waals surface area contributed by atoms with E-state index >= 15 is 0 Å². The minimum absolute atomic E-state index is 0.0637. The Morgan fingerprint density at radius 1 is 1.14 bits per heavy atom. The molecular formula is C26H28N4O3S2. The molecule has 2 aliphatic heterocycles. The summed E-state index contributed by atoms with van der Waals surface area (Å²) in [6.07, 6.45) is 5.86. The number of rotatable bonds is 4. The van der Waals surface area contributed by atoms with E-state index in [0.717, 1.165) is 29.3 Å². The molecule has 3 N–H and O–H groups in total. The van der Waals surface area contributed by atoms with Crippen molar-refractivity contribution >= 4 is 46.0 Å². The summed E-state index contributed by atoms with van der Waals surface area (Å²) in [6.45, 7) is -0.250. The Morgan fingerprint density at radius 2 is 1.86 bits per heavy atom. The highest BCUT2D eigenvalue weighted by atomic mass is 32.1. The average molecular weight is 509 g/mol. The lowest BCUT2D eigenvalue weighted by molar-refractivity contribution is -0.122. The second-order valence-electron chi connectivity index (χ2n) is 9.16. The highest BCUT2D eigenvalue weighted by molar-refractivity contribution is 7.19. The molecule has 2 bridgehead atoms. The molecule has 0 spiro atoms. The number of piperidine rings is 2. The zero-order valence-electron chi connectivity index (χ0n) is 19.4. The van der Waals surface area contributed by atoms with Crippen LogP contribution in [0.4, 0.5) is 0 Å². The third-order valence-electron chi connectivity index (χ3n) is 7.15. The van der Waals surface area contributed by atoms with Gasteiger partial charge in [-0.05, 0) is 79.4 Å². The number of fused-ring (bicyclic) bond motifs is 3. The number of amides is 1. The van der Waals surface area contributed by atoms with E-state index in [1.54, 1.807) is 22.7 Å². The summed E-state index contributed by atoms with van der Waals surface area (Å²) >= 11 is 3.49. The predicted octanol–water partition coefficient (Wildman–Crippen LogP) is 5.47. The minimum atomic E-state index is -0.250. The fourth-order valence-corrected chi connectivity index (χ4v) is 7.11. The SMILES string of the molecule is CN1C2CCCC1CC(NC(=O)c1n[nH]c3ccc(-c4ccc(-c5ccsc5)s4)cc13)C2.O=CO. The number of hydrogen-bond donors (Lipinski definition) is 3. The molecule has 2 unspecified atom stereocenters. The summed E-state index contributed by atoms with van der Waals surface area (Å²) < 4.78 is 0. The summed E-state index contributed by atoms with van der Waals surface area (Å²) in [5.74, 6) is -0.0637. The normalized spacial score (nSPS) is 21.8. The third kappa shape index (κ3) is 4.89. The van der Waals surface area contributed by atoms with Crippen LogP contribution in [-0.2, 0) is 4.79 Å². The van der Waals surface area contributed by atoms with Crippen molar-refractivity contribution in [2.75, 3.05) is 7.05 Å². The number of carbonyl (C=O) groups excluding carboxylic acids is 1. The topological polar surface area (TPSA) is 98.3 Å². The molecule has 2 fully saturated rings. The zero-order valence-corrected chi connectivity index (χ0v) is 21.1. The van der Waals surface area contributed by atoms with E-state index in [2.05, 4.69) is 68.6 Å². The molecule has 6 rings (SSSR count). The van der Waals surface area contributed by atoms with Crippen molar-refractivity contribution in [3.63, 3.8) is 0 Å². The first kappa shape index (κ1) is 23.7. The lowest BCUT2D eigenvalue weighted by Gasteiger charge is -2.47. The van der Waals surface area contributed by atoms with Gasteiger partial charge in [0.15, 0.2) is 5.69 Å². The molecule has 182 valence electrons. The summed E-state index contributed by atoms with van der Waals surface area (Å²) in [5.41, 5.74) is 3.78. The van der Waals surface area contributed by atoms with E-state index in [4.69, 9.17) is 9.90 Å². The van der Waals surface area contributed by atoms with Crippen molar-refractivity contribution in [1.82, 2.24) is 20.4 Å². The van der Waals surface area contributed by atoms with Crippen molar-refractivity contribution in [3.05, 3.63) is 52.9 Å². The van der Waals surface area contributed by atoms with Crippen LogP contribution in [0.3, 0.4) is 0 Å². The minimum Gasteiger partial charge on any atom is -0.483 e. The Labute approximate surface area is 211 Å². The third-order valence-corrected chi connectivity index (χ3v) is 9.02. The predicted molar refractivity (Wildman–Crippen MR) is 141 cm³/mol. The van der Waals surface area contributed by atoms with Crippen LogP contribution >= 0.6 is 22.7 Å². The largest absolute Gasteiger partial charge is 0.483 e. The maximum absolute atomic E-state index is 13.2. The first-order valence-corrected chi connectivity index (χ1v) is 13.5. The number of hydrogen-bond acceptors (Lipinski definition) is 6. The summed E-state index contributed by atoms with van der Waals surface area (Å²) in [7, 11) is 2.24. The van der Waals surface area contributed by atoms with E-state index in [9.17, 15) is 4.79 Å². The average Bonchev–Trinajstić information content (AvgIpc) is 3.60. The van der Waals surface area contributed by atoms with Gasteiger partial charge in [-0.2, -0.15) is 16.4 Å². The molecular weight excluding hydrogens is 480 g/mol. The number of thiophene rings is 2. The van der Waals surface area contributed by atoms with Gasteiger partial charge in [-0.25, -0.2) is 0 Å². The van der Waals surface area contributed by atoms with Gasteiger partial charge >= 0.3 is 0 Å². The molecule has 4 aromatic rings. The van der Waals surface area contributed by atoms with E-state index in [-0.39, 0.29) is 18.4 Å². The fourth-order valence-electron chi connectivity index (χ4n) is 5.38. The molecule has 2 aliphatic rings. The smallest absolute Gasteiger partial charge is 0.290 e. The van der Waals surface area contributed by atoms with Crippen LogP contribution in [0.1, 0.15) is 42.6 Å². The molecule has 1 amide bonds. The van der Waals surface area contributed by atoms with Crippen LogP contribution in [0.25, 0.3) is 31.8 Å². The lowest BCUT2D eigenvalue weighted by Crippen LogP contribution is -2.55. The molecule has 1 aromatic carbocycles. The summed E-state index contributed by atoms with van der Waals surface area (Å²) in [6, 6.07) is 14.1. The number of nitrogens with one attached hydrogen (secondary N) is 2. The number of aromatic amines is 1. The van der Waals surface area contributed by atoms with Gasteiger partial charge < -0.3 is 15.3 Å². The lowest BCUT2D eigenvalue weighted by atomic mass is 9.82. The van der Waals surface area contributed by atoms with E-state index in [0.29, 0.717) is 17.8 Å². The van der Waals surface area contributed by atoms with Crippen LogP contribution in [0.15, 0.2) is 47.2 Å². The molecule has 2 atom stereocenters. The standard InChI is InChI=1S/C25H26N4OS2.CH2O2/c1-29-18-3-2-4-19(29)13-17(12-18)26-25(30)24-20-11-15(5-6-21(20)27-28-24)22-7-8-23(32-22)16-9-10-31-14-16;2-1-3/h5-11,14,17-19H,2-4,12-13H2,1H3,(H,26,30)(H,27,28);1H,(H,2,3). The summed E-state index contributed by atoms with van der Waals surface area (Å²) in [5, 5.41) is 22.8. The van der Waals surface area contributed by atoms with Crippen molar-refractivity contribution in [3.8, 4) is 20.9 Å². The number of benzene rings is 1. The molecule has 7 nitrogen and oxygen atoms in total. The number of H-pyrrole nitrogens is 1. The van der Waals surface area contributed by atoms with Gasteiger partial charge in [-0.3, -0.25) is 14.7 Å². The van der Waals surface area contributed by atoms with Gasteiger partial charge in [-0.1, -0.05) is 12.5 Å². The van der Waals surface area contributed by atoms with Gasteiger partial charge in [0.2, 0.25) is 0 Å². The first-order valence-electron chi connectivity index (χ1n) is 11.8. The second-order valence-corrected chi connectivity index (χ2v) is 11.0. The van der Waals surface area contributed by atoms with Crippen molar-refractivity contribution < 1.29 is 14.7 Å². The van der Waals surface area contributed by atoms with Crippen molar-refractivity contribution in [2.24, 2.45) is 0 Å². The van der Waals surface area contributed by atoms with Gasteiger partial charge in [0.05, 0.1) is 5.52 Å². The van der Waals surface area contributed by atoms with Crippen molar-refractivity contribution in [1.29, 1.82) is 0 Å². The quantitative estimate of drug-likeness (QED) is 0.318. The molecule has 5 heterocycles. The van der Waals surface area contributed by atoms with Gasteiger partial charge in [0.1, 0.15) is 0 Å². The van der Waals surface area contributed by atoms with Crippen LogP contribution in [-0.4, -0.2) is 57.8 Å². The number of carbonyl (C=O) groups is 2. The first-order chi connectivity index (χ1) is 17.1. The van der Waals surface area contributed by atoms with E-state index in [1.165, 1.54) is 34.6 Å². The Morgan fingerprint density at radius 3 is 2.54 bits per heavy atom. The monoisotopic (exact) mass is 508 g/mol. The molecule has 2 saturated heterocycles. The fraction of sp³-hybridized carbons (Fsp3) is 0.346. The van der Waals surface area contributed by atoms with Gasteiger partial charge in [0, 0.05) is 38.8 Å². The highest BCUT2D eigenvalue weighted by Gasteiger charge is 2.36. The molecule has 35 heavy (non-hydrogen) atoms. The Kier molecular flexibility index (Phi) is 6.99. The maximum atomic E-state index is 13.2. The molecule has 0 aliphatic carbocycles. The van der Waals surface area contributed by atoms with Crippen LogP contribution in [0.5, 0.6) is 0 Å². The Balaban J connectivity index is 0.000000806. The number of aromatic nitrogens is 2. The Hall–Kier alpha value is -3.01. The van der Waals surface area contributed by atoms with Crippen molar-refractivity contribution in [2.45, 2.75) is 50.2 Å².